The zero-order valence-electron chi connectivity index (χ0n) is 11.4. The summed E-state index contributed by atoms with van der Waals surface area (Å²) < 4.78 is 10.8. The van der Waals surface area contributed by atoms with Crippen LogP contribution in [0.15, 0.2) is 0 Å². The van der Waals surface area contributed by atoms with E-state index in [0.29, 0.717) is 0 Å². The van der Waals surface area contributed by atoms with E-state index in [-0.39, 0.29) is 5.54 Å². The molecule has 0 aromatic rings. The van der Waals surface area contributed by atoms with Gasteiger partial charge in [-0.1, -0.05) is 0 Å². The van der Waals surface area contributed by atoms with E-state index in [1.807, 2.05) is 13.8 Å². The predicted molar refractivity (Wildman–Crippen MR) is 70.2 cm³/mol. The molecule has 17 heavy (non-hydrogen) atoms. The van der Waals surface area contributed by atoms with Crippen molar-refractivity contribution in [3.63, 3.8) is 0 Å². The highest BCUT2D eigenvalue weighted by molar-refractivity contribution is 4.95. The van der Waals surface area contributed by atoms with Crippen LogP contribution in [-0.2, 0) is 9.47 Å². The summed E-state index contributed by atoms with van der Waals surface area (Å²) in [6.45, 7) is 10.1. The number of nitrogens with two attached hydrogens (primary N) is 1. The molecule has 102 valence electrons. The predicted octanol–water partition coefficient (Wildman–Crippen LogP) is 1.24. The first-order valence-electron chi connectivity index (χ1n) is 6.87. The van der Waals surface area contributed by atoms with Crippen molar-refractivity contribution in [1.29, 1.82) is 0 Å². The van der Waals surface area contributed by atoms with Crippen molar-refractivity contribution in [3.8, 4) is 0 Å². The third kappa shape index (κ3) is 5.82. The number of rotatable bonds is 10. The second kappa shape index (κ2) is 8.03. The summed E-state index contributed by atoms with van der Waals surface area (Å²) in [6, 6.07) is 0. The Bertz CT molecular complexity index is 186. The summed E-state index contributed by atoms with van der Waals surface area (Å²) in [5.74, 6) is 0. The molecule has 1 saturated carbocycles. The van der Waals surface area contributed by atoms with Gasteiger partial charge in [-0.2, -0.15) is 0 Å². The highest BCUT2D eigenvalue weighted by Gasteiger charge is 2.33. The molecule has 0 aromatic carbocycles. The van der Waals surface area contributed by atoms with Gasteiger partial charge in [0.1, 0.15) is 0 Å². The highest BCUT2D eigenvalue weighted by Crippen LogP contribution is 2.29. The van der Waals surface area contributed by atoms with Gasteiger partial charge in [-0.15, -0.1) is 0 Å². The topological polar surface area (TPSA) is 47.7 Å². The Labute approximate surface area is 105 Å². The Hall–Kier alpha value is -0.160. The lowest BCUT2D eigenvalue weighted by molar-refractivity contribution is 0.0603. The van der Waals surface area contributed by atoms with E-state index < -0.39 is 0 Å². The number of hydrogen-bond acceptors (Lipinski definition) is 4. The van der Waals surface area contributed by atoms with Crippen molar-refractivity contribution in [1.82, 2.24) is 4.90 Å². The maximum atomic E-state index is 6.29. The van der Waals surface area contributed by atoms with Gasteiger partial charge in [-0.05, 0) is 33.1 Å². The van der Waals surface area contributed by atoms with Gasteiger partial charge in [0.05, 0.1) is 13.2 Å². The smallest absolute Gasteiger partial charge is 0.0593 e. The number of ether oxygens (including phenoxy) is 2. The minimum Gasteiger partial charge on any atom is -0.380 e. The van der Waals surface area contributed by atoms with E-state index in [4.69, 9.17) is 15.2 Å². The van der Waals surface area contributed by atoms with Crippen LogP contribution in [0, 0.1) is 0 Å². The SMILES string of the molecule is CCOCCN(CCOCC)CC1(N)CCC1. The van der Waals surface area contributed by atoms with Crippen molar-refractivity contribution in [3.05, 3.63) is 0 Å². The van der Waals surface area contributed by atoms with Crippen molar-refractivity contribution < 1.29 is 9.47 Å². The molecule has 0 spiro atoms. The fourth-order valence-electron chi connectivity index (χ4n) is 2.18. The zero-order chi connectivity index (χ0) is 12.6. The second-order valence-corrected chi connectivity index (χ2v) is 4.89. The number of hydrogen-bond donors (Lipinski definition) is 1. The van der Waals surface area contributed by atoms with Crippen molar-refractivity contribution in [2.45, 2.75) is 38.6 Å². The van der Waals surface area contributed by atoms with E-state index in [1.165, 1.54) is 6.42 Å². The lowest BCUT2D eigenvalue weighted by Crippen LogP contribution is -2.55. The fourth-order valence-corrected chi connectivity index (χ4v) is 2.18. The molecular formula is C13H28N2O2. The first-order chi connectivity index (χ1) is 8.20. The molecule has 0 amide bonds. The Morgan fingerprint density at radius 1 is 1.06 bits per heavy atom. The Morgan fingerprint density at radius 3 is 1.94 bits per heavy atom. The Balaban J connectivity index is 2.24. The molecule has 0 atom stereocenters. The Morgan fingerprint density at radius 2 is 1.59 bits per heavy atom. The van der Waals surface area contributed by atoms with Crippen LogP contribution in [-0.4, -0.2) is 56.5 Å². The van der Waals surface area contributed by atoms with Gasteiger partial charge in [0.25, 0.3) is 0 Å². The Kier molecular flexibility index (Phi) is 7.04. The van der Waals surface area contributed by atoms with Gasteiger partial charge in [0.15, 0.2) is 0 Å². The fraction of sp³-hybridized carbons (Fsp3) is 1.00. The summed E-state index contributed by atoms with van der Waals surface area (Å²) in [6.07, 6.45) is 3.60. The molecule has 1 fully saturated rings. The molecule has 0 unspecified atom stereocenters. The van der Waals surface area contributed by atoms with Gasteiger partial charge in [-0.25, -0.2) is 0 Å². The molecule has 4 heteroatoms. The van der Waals surface area contributed by atoms with Gasteiger partial charge in [0, 0.05) is 38.4 Å². The first kappa shape index (κ1) is 14.9. The van der Waals surface area contributed by atoms with E-state index in [1.54, 1.807) is 0 Å². The van der Waals surface area contributed by atoms with Crippen LogP contribution in [0.2, 0.25) is 0 Å². The highest BCUT2D eigenvalue weighted by atomic mass is 16.5. The summed E-state index contributed by atoms with van der Waals surface area (Å²) in [4.78, 5) is 2.38. The summed E-state index contributed by atoms with van der Waals surface area (Å²) in [5, 5.41) is 0. The van der Waals surface area contributed by atoms with E-state index >= 15 is 0 Å². The first-order valence-corrected chi connectivity index (χ1v) is 6.87. The van der Waals surface area contributed by atoms with E-state index in [0.717, 1.165) is 58.9 Å². The quantitative estimate of drug-likeness (QED) is 0.587. The summed E-state index contributed by atoms with van der Waals surface area (Å²) >= 11 is 0. The molecule has 2 N–H and O–H groups in total. The lowest BCUT2D eigenvalue weighted by atomic mass is 9.77. The third-order valence-corrected chi connectivity index (χ3v) is 3.40. The minimum absolute atomic E-state index is 0.0540. The van der Waals surface area contributed by atoms with Crippen LogP contribution in [0.5, 0.6) is 0 Å². The largest absolute Gasteiger partial charge is 0.380 e. The second-order valence-electron chi connectivity index (χ2n) is 4.89. The lowest BCUT2D eigenvalue weighted by Gasteiger charge is -2.42. The van der Waals surface area contributed by atoms with Gasteiger partial charge >= 0.3 is 0 Å². The number of nitrogens with zero attached hydrogens (tertiary/aromatic N) is 1. The van der Waals surface area contributed by atoms with Crippen LogP contribution in [0.4, 0.5) is 0 Å². The van der Waals surface area contributed by atoms with Crippen molar-refractivity contribution >= 4 is 0 Å². The maximum Gasteiger partial charge on any atom is 0.0593 e. The molecule has 0 saturated heterocycles. The molecule has 1 aliphatic carbocycles. The van der Waals surface area contributed by atoms with Gasteiger partial charge in [-0.3, -0.25) is 4.90 Å². The van der Waals surface area contributed by atoms with Crippen molar-refractivity contribution in [2.24, 2.45) is 5.73 Å². The van der Waals surface area contributed by atoms with Gasteiger partial charge in [0.2, 0.25) is 0 Å². The van der Waals surface area contributed by atoms with Crippen LogP contribution in [0.3, 0.4) is 0 Å². The van der Waals surface area contributed by atoms with Crippen molar-refractivity contribution in [2.75, 3.05) is 46.1 Å². The molecule has 0 bridgehead atoms. The average molecular weight is 244 g/mol. The standard InChI is InChI=1S/C13H28N2O2/c1-3-16-10-8-15(9-11-17-4-2)12-13(14)6-5-7-13/h3-12,14H2,1-2H3. The molecule has 1 rings (SSSR count). The maximum absolute atomic E-state index is 6.29. The molecule has 0 radical (unpaired) electrons. The minimum atomic E-state index is 0.0540. The molecular weight excluding hydrogens is 216 g/mol. The zero-order valence-corrected chi connectivity index (χ0v) is 11.4. The van der Waals surface area contributed by atoms with Crippen LogP contribution >= 0.6 is 0 Å². The van der Waals surface area contributed by atoms with Crippen LogP contribution in [0.1, 0.15) is 33.1 Å². The monoisotopic (exact) mass is 244 g/mol. The van der Waals surface area contributed by atoms with Gasteiger partial charge < -0.3 is 15.2 Å². The molecule has 1 aliphatic rings. The van der Waals surface area contributed by atoms with E-state index in [9.17, 15) is 0 Å². The van der Waals surface area contributed by atoms with Crippen LogP contribution in [0.25, 0.3) is 0 Å². The summed E-state index contributed by atoms with van der Waals surface area (Å²) in [7, 11) is 0. The summed E-state index contributed by atoms with van der Waals surface area (Å²) in [5.41, 5.74) is 6.34. The normalized spacial score (nSPS) is 18.4. The third-order valence-electron chi connectivity index (χ3n) is 3.40. The average Bonchev–Trinajstić information content (AvgIpc) is 2.27. The molecule has 4 nitrogen and oxygen atoms in total. The molecule has 0 aromatic heterocycles. The van der Waals surface area contributed by atoms with Crippen LogP contribution < -0.4 is 5.73 Å². The molecule has 0 aliphatic heterocycles. The van der Waals surface area contributed by atoms with E-state index in [2.05, 4.69) is 4.90 Å². The molecule has 0 heterocycles.